The van der Waals surface area contributed by atoms with Gasteiger partial charge in [0.25, 0.3) is 0 Å². The van der Waals surface area contributed by atoms with Crippen LogP contribution in [-0.2, 0) is 14.9 Å². The zero-order valence-corrected chi connectivity index (χ0v) is 16.0. The van der Waals surface area contributed by atoms with Crippen LogP contribution in [0.3, 0.4) is 0 Å². The van der Waals surface area contributed by atoms with Crippen LogP contribution in [0.4, 0.5) is 13.2 Å². The van der Waals surface area contributed by atoms with E-state index >= 15 is 0 Å². The van der Waals surface area contributed by atoms with Gasteiger partial charge in [0, 0.05) is 12.3 Å². The van der Waals surface area contributed by atoms with Gasteiger partial charge in [0.05, 0.1) is 13.0 Å². The molecule has 0 spiro atoms. The number of aromatic hydroxyl groups is 1. The molecule has 0 radical (unpaired) electrons. The summed E-state index contributed by atoms with van der Waals surface area (Å²) in [5.41, 5.74) is 1.62. The molecule has 1 fully saturated rings. The molecule has 0 aliphatic heterocycles. The first kappa shape index (κ1) is 21.8. The number of methoxy groups -OCH3 is 1. The molecule has 1 saturated carbocycles. The minimum absolute atomic E-state index is 0.138. The highest BCUT2D eigenvalue weighted by atomic mass is 19.4. The van der Waals surface area contributed by atoms with Gasteiger partial charge in [0.15, 0.2) is 0 Å². The number of esters is 1. The summed E-state index contributed by atoms with van der Waals surface area (Å²) in [6.07, 6.45) is -2.91. The van der Waals surface area contributed by atoms with Crippen LogP contribution in [0.2, 0.25) is 0 Å². The molecule has 2 aromatic rings. The Bertz CT molecular complexity index is 747. The molecule has 28 heavy (non-hydrogen) atoms. The topological polar surface area (TPSA) is 46.5 Å². The molecule has 2 aromatic carbocycles. The molecule has 3 rings (SSSR count). The van der Waals surface area contributed by atoms with Crippen LogP contribution in [0, 0.1) is 5.92 Å². The van der Waals surface area contributed by atoms with Crippen molar-refractivity contribution in [3.63, 3.8) is 0 Å². The van der Waals surface area contributed by atoms with E-state index in [9.17, 15) is 23.1 Å². The van der Waals surface area contributed by atoms with Crippen molar-refractivity contribution in [2.24, 2.45) is 5.92 Å². The predicted molar refractivity (Wildman–Crippen MR) is 101 cm³/mol. The Morgan fingerprint density at radius 1 is 1.00 bits per heavy atom. The largest absolute Gasteiger partial charge is 0.508 e. The number of phenols is 1. The van der Waals surface area contributed by atoms with Crippen molar-refractivity contribution in [3.8, 4) is 5.75 Å². The third-order valence-corrected chi connectivity index (χ3v) is 5.34. The Hall–Kier alpha value is -2.50. The standard InChI is InChI=1S/C19H19F3O.C3H6O2/c20-19(21,22)16-10-12-18(13-11-16,14-4-2-1-3-5-14)15-6-8-17(23)9-7-15;1-3(4)5-2/h1-9,16,23H,10-13H2;1-2H3. The van der Waals surface area contributed by atoms with E-state index in [4.69, 9.17) is 0 Å². The predicted octanol–water partition coefficient (Wildman–Crippen LogP) is 5.61. The lowest BCUT2D eigenvalue weighted by atomic mass is 9.63. The summed E-state index contributed by atoms with van der Waals surface area (Å²) in [4.78, 5) is 9.59. The summed E-state index contributed by atoms with van der Waals surface area (Å²) in [7, 11) is 1.35. The molecule has 3 nitrogen and oxygen atoms in total. The summed E-state index contributed by atoms with van der Waals surface area (Å²) in [5.74, 6) is -1.29. The van der Waals surface area contributed by atoms with E-state index < -0.39 is 17.5 Å². The summed E-state index contributed by atoms with van der Waals surface area (Å²) in [6, 6.07) is 16.6. The van der Waals surface area contributed by atoms with E-state index in [1.807, 2.05) is 42.5 Å². The summed E-state index contributed by atoms with van der Waals surface area (Å²) < 4.78 is 43.2. The number of carbonyl (C=O) groups excluding carboxylic acids is 1. The molecular formula is C22H25F3O3. The summed E-state index contributed by atoms with van der Waals surface area (Å²) in [5, 5.41) is 9.51. The van der Waals surface area contributed by atoms with Crippen LogP contribution in [0.25, 0.3) is 0 Å². The van der Waals surface area contributed by atoms with E-state index in [0.717, 1.165) is 11.1 Å². The van der Waals surface area contributed by atoms with Crippen LogP contribution in [-0.4, -0.2) is 24.4 Å². The third kappa shape index (κ3) is 5.27. The zero-order valence-electron chi connectivity index (χ0n) is 16.0. The van der Waals surface area contributed by atoms with E-state index in [0.29, 0.717) is 12.8 Å². The average Bonchev–Trinajstić information content (AvgIpc) is 2.69. The minimum Gasteiger partial charge on any atom is -0.508 e. The van der Waals surface area contributed by atoms with Crippen LogP contribution in [0.5, 0.6) is 5.75 Å². The minimum atomic E-state index is -4.11. The second kappa shape index (κ2) is 9.13. The number of benzene rings is 2. The van der Waals surface area contributed by atoms with Crippen LogP contribution < -0.4 is 0 Å². The van der Waals surface area contributed by atoms with Gasteiger partial charge in [0.2, 0.25) is 0 Å². The van der Waals surface area contributed by atoms with Gasteiger partial charge in [-0.3, -0.25) is 4.79 Å². The quantitative estimate of drug-likeness (QED) is 0.674. The molecule has 1 aliphatic rings. The van der Waals surface area contributed by atoms with Gasteiger partial charge in [-0.15, -0.1) is 0 Å². The maximum Gasteiger partial charge on any atom is 0.391 e. The number of ether oxygens (including phenoxy) is 1. The van der Waals surface area contributed by atoms with Gasteiger partial charge in [-0.2, -0.15) is 13.2 Å². The highest BCUT2D eigenvalue weighted by Gasteiger charge is 2.47. The number of phenolic OH excluding ortho intramolecular Hbond substituents is 1. The number of halogens is 3. The van der Waals surface area contributed by atoms with Crippen molar-refractivity contribution in [1.29, 1.82) is 0 Å². The Kier molecular flexibility index (Phi) is 7.11. The van der Waals surface area contributed by atoms with Crippen LogP contribution in [0.1, 0.15) is 43.7 Å². The van der Waals surface area contributed by atoms with Crippen molar-refractivity contribution < 1.29 is 27.8 Å². The monoisotopic (exact) mass is 394 g/mol. The molecule has 1 aliphatic carbocycles. The lowest BCUT2D eigenvalue weighted by Crippen LogP contribution is -2.37. The average molecular weight is 394 g/mol. The normalized spacial score (nSPS) is 22.0. The van der Waals surface area contributed by atoms with E-state index in [1.54, 1.807) is 12.1 Å². The molecular weight excluding hydrogens is 369 g/mol. The molecule has 0 atom stereocenters. The summed E-state index contributed by atoms with van der Waals surface area (Å²) in [6.45, 7) is 1.36. The fraction of sp³-hybridized carbons (Fsp3) is 0.409. The van der Waals surface area contributed by atoms with Gasteiger partial charge in [0.1, 0.15) is 5.75 Å². The van der Waals surface area contributed by atoms with Gasteiger partial charge in [-0.25, -0.2) is 0 Å². The molecule has 6 heteroatoms. The highest BCUT2D eigenvalue weighted by molar-refractivity contribution is 5.65. The maximum absolute atomic E-state index is 13.0. The Morgan fingerprint density at radius 3 is 1.89 bits per heavy atom. The summed E-state index contributed by atoms with van der Waals surface area (Å²) >= 11 is 0. The molecule has 0 amide bonds. The van der Waals surface area contributed by atoms with Crippen molar-refractivity contribution in [2.75, 3.05) is 7.11 Å². The van der Waals surface area contributed by atoms with Gasteiger partial charge < -0.3 is 9.84 Å². The first-order valence-corrected chi connectivity index (χ1v) is 9.15. The smallest absolute Gasteiger partial charge is 0.391 e. The molecule has 0 aromatic heterocycles. The van der Waals surface area contributed by atoms with E-state index in [2.05, 4.69) is 4.74 Å². The molecule has 0 heterocycles. The molecule has 0 saturated heterocycles. The van der Waals surface area contributed by atoms with Crippen molar-refractivity contribution in [1.82, 2.24) is 0 Å². The van der Waals surface area contributed by atoms with Crippen LogP contribution in [0.15, 0.2) is 54.6 Å². The molecule has 152 valence electrons. The highest BCUT2D eigenvalue weighted by Crippen LogP contribution is 2.50. The lowest BCUT2D eigenvalue weighted by molar-refractivity contribution is -0.184. The second-order valence-electron chi connectivity index (χ2n) is 7.01. The van der Waals surface area contributed by atoms with E-state index in [-0.39, 0.29) is 24.6 Å². The lowest BCUT2D eigenvalue weighted by Gasteiger charge is -2.41. The Balaban J connectivity index is 0.000000500. The van der Waals surface area contributed by atoms with Crippen molar-refractivity contribution >= 4 is 5.97 Å². The Labute approximate surface area is 163 Å². The van der Waals surface area contributed by atoms with Crippen molar-refractivity contribution in [3.05, 3.63) is 65.7 Å². The van der Waals surface area contributed by atoms with Gasteiger partial charge in [-0.1, -0.05) is 42.5 Å². The van der Waals surface area contributed by atoms with E-state index in [1.165, 1.54) is 14.0 Å². The van der Waals surface area contributed by atoms with Crippen molar-refractivity contribution in [2.45, 2.75) is 44.2 Å². The zero-order chi connectivity index (χ0) is 20.8. The van der Waals surface area contributed by atoms with Crippen LogP contribution >= 0.6 is 0 Å². The maximum atomic E-state index is 13.0. The number of hydrogen-bond donors (Lipinski definition) is 1. The fourth-order valence-corrected chi connectivity index (χ4v) is 3.72. The fourth-order valence-electron chi connectivity index (χ4n) is 3.72. The Morgan fingerprint density at radius 2 is 1.46 bits per heavy atom. The number of hydrogen-bond acceptors (Lipinski definition) is 3. The molecule has 1 N–H and O–H groups in total. The van der Waals surface area contributed by atoms with Gasteiger partial charge >= 0.3 is 12.1 Å². The number of rotatable bonds is 2. The number of carbonyl (C=O) groups is 1. The number of alkyl halides is 3. The van der Waals surface area contributed by atoms with Gasteiger partial charge in [-0.05, 0) is 48.9 Å². The molecule has 0 bridgehead atoms. The molecule has 0 unspecified atom stereocenters. The first-order chi connectivity index (χ1) is 13.2. The second-order valence-corrected chi connectivity index (χ2v) is 7.01. The third-order valence-electron chi connectivity index (χ3n) is 5.34. The first-order valence-electron chi connectivity index (χ1n) is 9.15. The SMILES string of the molecule is COC(C)=O.Oc1ccc(C2(c3ccccc3)CCC(C(F)(F)F)CC2)cc1.